The number of nitrogens with one attached hydrogen (secondary N) is 2. The van der Waals surface area contributed by atoms with Crippen LogP contribution in [0, 0.1) is 47.5 Å². The van der Waals surface area contributed by atoms with Crippen molar-refractivity contribution in [3.63, 3.8) is 0 Å². The second kappa shape index (κ2) is 19.3. The van der Waals surface area contributed by atoms with E-state index in [1.807, 2.05) is 18.2 Å². The minimum Gasteiger partial charge on any atom is -0.490 e. The molecule has 0 bridgehead atoms. The molecular formula is C51H75N5O6S. The maximum Gasteiger partial charge on any atom is 0.407 e. The average Bonchev–Trinajstić information content (AvgIpc) is 3.72. The van der Waals surface area contributed by atoms with Crippen LogP contribution in [0.15, 0.2) is 42.6 Å². The molecule has 63 heavy (non-hydrogen) atoms. The number of H-pyrrole nitrogens is 1. The quantitative estimate of drug-likeness (QED) is 0.0614. The van der Waals surface area contributed by atoms with E-state index < -0.39 is 16.3 Å². The third-order valence-corrected chi connectivity index (χ3v) is 13.6. The molecule has 11 nitrogen and oxygen atoms in total. The number of esters is 1. The van der Waals surface area contributed by atoms with Gasteiger partial charge in [-0.15, -0.1) is 0 Å². The highest BCUT2D eigenvalue weighted by molar-refractivity contribution is 7.88. The lowest BCUT2D eigenvalue weighted by atomic mass is 9.59. The van der Waals surface area contributed by atoms with E-state index in [0.29, 0.717) is 40.9 Å². The minimum absolute atomic E-state index is 0.0397. The van der Waals surface area contributed by atoms with Crippen molar-refractivity contribution >= 4 is 33.3 Å². The number of nitrogens with zero attached hydrogens (tertiary/aromatic N) is 3. The molecule has 0 radical (unpaired) electrons. The molecule has 1 aliphatic carbocycles. The molecule has 2 atom stereocenters. The Labute approximate surface area is 378 Å². The average molecular weight is 886 g/mol. The van der Waals surface area contributed by atoms with Crippen LogP contribution in [-0.2, 0) is 20.5 Å². The fourth-order valence-electron chi connectivity index (χ4n) is 9.64. The maximum atomic E-state index is 14.3. The van der Waals surface area contributed by atoms with Crippen molar-refractivity contribution in [3.8, 4) is 22.9 Å². The maximum absolute atomic E-state index is 14.3. The Bertz CT molecular complexity index is 2340. The zero-order chi connectivity index (χ0) is 46.7. The first-order valence-corrected chi connectivity index (χ1v) is 24.4. The Kier molecular flexibility index (Phi) is 15.2. The number of carbonyl (C=O) groups excluding carboxylic acids is 1. The number of anilines is 1. The number of aromatic amines is 1. The van der Waals surface area contributed by atoms with Crippen LogP contribution >= 0.6 is 0 Å². The topological polar surface area (TPSA) is 128 Å². The molecule has 0 amide bonds. The van der Waals surface area contributed by atoms with Gasteiger partial charge in [-0.3, -0.25) is 14.3 Å². The van der Waals surface area contributed by atoms with Crippen LogP contribution in [0.4, 0.5) is 11.4 Å². The third-order valence-electron chi connectivity index (χ3n) is 12.7. The molecule has 0 saturated heterocycles. The van der Waals surface area contributed by atoms with E-state index >= 15 is 0 Å². The highest BCUT2D eigenvalue weighted by Gasteiger charge is 2.48. The standard InChI is InChI=1S/C51H75N5O6S/c1-16-17-18-19-20-21-26-60-41-25-24-36(51(13,14)32-48(4,5)6)30-42(41)62-63(58,59)55-39-29-35(23-22-34(39)3)45-53-46-43(40(52-15)31-56(46)54-45)47(57)61-44-37(49(7,8)9)27-33(2)28-38(44)50(10,11)12/h22-25,29-31,33,37-38,44,55H,16-21,26-28,32H2,1-14H3,(H,53,54). The lowest BCUT2D eigenvalue weighted by molar-refractivity contribution is -0.0922. The summed E-state index contributed by atoms with van der Waals surface area (Å²) in [7, 11) is -4.42. The summed E-state index contributed by atoms with van der Waals surface area (Å²) in [5.41, 5.74) is 2.53. The normalized spacial score (nSPS) is 18.9. The molecule has 2 unspecified atom stereocenters. The van der Waals surface area contributed by atoms with Crippen molar-refractivity contribution in [2.45, 2.75) is 166 Å². The molecule has 2 aromatic heterocycles. The van der Waals surface area contributed by atoms with Crippen LogP contribution in [0.5, 0.6) is 11.5 Å². The Morgan fingerprint density at radius 2 is 1.54 bits per heavy atom. The molecular weight excluding hydrogens is 811 g/mol. The first-order valence-electron chi connectivity index (χ1n) is 23.0. The number of ether oxygens (including phenoxy) is 2. The summed E-state index contributed by atoms with van der Waals surface area (Å²) in [5, 5.41) is 3.20. The van der Waals surface area contributed by atoms with Crippen LogP contribution in [0.2, 0.25) is 0 Å². The second-order valence-corrected chi connectivity index (χ2v) is 23.5. The first-order chi connectivity index (χ1) is 29.2. The van der Waals surface area contributed by atoms with Gasteiger partial charge >= 0.3 is 16.3 Å². The fraction of sp³-hybridized carbons (Fsp3) is 0.627. The first kappa shape index (κ1) is 49.5. The summed E-state index contributed by atoms with van der Waals surface area (Å²) in [6.45, 7) is 38.8. The van der Waals surface area contributed by atoms with Gasteiger partial charge in [0.2, 0.25) is 5.69 Å². The molecule has 1 aliphatic rings. The van der Waals surface area contributed by atoms with E-state index in [1.54, 1.807) is 35.8 Å². The lowest BCUT2D eigenvalue weighted by Crippen LogP contribution is -2.49. The smallest absolute Gasteiger partial charge is 0.407 e. The van der Waals surface area contributed by atoms with E-state index in [2.05, 4.69) is 105 Å². The van der Waals surface area contributed by atoms with Crippen molar-refractivity contribution in [1.82, 2.24) is 14.6 Å². The van der Waals surface area contributed by atoms with Crippen LogP contribution < -0.4 is 13.6 Å². The third kappa shape index (κ3) is 12.6. The van der Waals surface area contributed by atoms with Crippen LogP contribution in [-0.4, -0.2) is 41.7 Å². The van der Waals surface area contributed by atoms with Gasteiger partial charge in [0.15, 0.2) is 23.0 Å². The van der Waals surface area contributed by atoms with Gasteiger partial charge in [0.05, 0.1) is 18.9 Å². The largest absolute Gasteiger partial charge is 0.490 e. The molecule has 4 aromatic rings. The van der Waals surface area contributed by atoms with Crippen molar-refractivity contribution in [2.24, 2.45) is 34.0 Å². The molecule has 2 aromatic carbocycles. The van der Waals surface area contributed by atoms with Crippen molar-refractivity contribution < 1.29 is 26.9 Å². The van der Waals surface area contributed by atoms with Gasteiger partial charge in [0.25, 0.3) is 0 Å². The highest BCUT2D eigenvalue weighted by atomic mass is 32.2. The monoisotopic (exact) mass is 886 g/mol. The van der Waals surface area contributed by atoms with E-state index in [-0.39, 0.29) is 62.2 Å². The predicted molar refractivity (Wildman–Crippen MR) is 255 cm³/mol. The number of aromatic nitrogens is 3. The molecule has 2 heterocycles. The number of benzene rings is 2. The molecule has 0 spiro atoms. The number of rotatable bonds is 17. The van der Waals surface area contributed by atoms with Crippen LogP contribution in [0.3, 0.4) is 0 Å². The number of unbranched alkanes of at least 4 members (excludes halogenated alkanes) is 5. The second-order valence-electron chi connectivity index (χ2n) is 22.2. The molecule has 2 N–H and O–H groups in total. The molecule has 5 rings (SSSR count). The van der Waals surface area contributed by atoms with Gasteiger partial charge in [-0.25, -0.2) is 14.6 Å². The fourth-order valence-corrected chi connectivity index (χ4v) is 10.5. The van der Waals surface area contributed by atoms with E-state index in [0.717, 1.165) is 44.1 Å². The number of aryl methyl sites for hydroxylation is 1. The summed E-state index contributed by atoms with van der Waals surface area (Å²) >= 11 is 0. The molecule has 12 heteroatoms. The van der Waals surface area contributed by atoms with Crippen molar-refractivity contribution in [3.05, 3.63) is 70.7 Å². The SMILES string of the molecule is [C-]#[N+]c1cn2[nH]c(-c3ccc(C)c(NS(=O)(=O)Oc4cc(C(C)(C)CC(C)(C)C)ccc4OCCCCCCCC)c3)nc2c1C(=O)OC1C(C(C)(C)C)CC(C)CC1C(C)(C)C. The summed E-state index contributed by atoms with van der Waals surface area (Å²) in [6.07, 6.45) is 10.6. The minimum atomic E-state index is -4.42. The van der Waals surface area contributed by atoms with E-state index in [1.165, 1.54) is 19.3 Å². The molecule has 0 aliphatic heterocycles. The number of hydrogen-bond donors (Lipinski definition) is 2. The number of carbonyl (C=O) groups is 1. The van der Waals surface area contributed by atoms with Crippen molar-refractivity contribution in [2.75, 3.05) is 11.3 Å². The van der Waals surface area contributed by atoms with Crippen LogP contribution in [0.1, 0.15) is 169 Å². The van der Waals surface area contributed by atoms with Gasteiger partial charge in [0.1, 0.15) is 11.7 Å². The molecule has 1 saturated carbocycles. The summed E-state index contributed by atoms with van der Waals surface area (Å²) in [6, 6.07) is 10.9. The van der Waals surface area contributed by atoms with Gasteiger partial charge in [0, 0.05) is 23.6 Å². The van der Waals surface area contributed by atoms with Gasteiger partial charge < -0.3 is 13.7 Å². The Hall–Kier alpha value is -4.50. The molecule has 1 fully saturated rings. The zero-order valence-electron chi connectivity index (χ0n) is 40.6. The predicted octanol–water partition coefficient (Wildman–Crippen LogP) is 13.7. The Morgan fingerprint density at radius 3 is 2.14 bits per heavy atom. The van der Waals surface area contributed by atoms with E-state index in [4.69, 9.17) is 25.2 Å². The number of fused-ring (bicyclic) bond motifs is 1. The summed E-state index contributed by atoms with van der Waals surface area (Å²) in [5.74, 6) is 1.06. The Morgan fingerprint density at radius 1 is 0.905 bits per heavy atom. The number of hydrogen-bond acceptors (Lipinski definition) is 7. The summed E-state index contributed by atoms with van der Waals surface area (Å²) < 4.78 is 50.6. The zero-order valence-corrected chi connectivity index (χ0v) is 41.4. The summed E-state index contributed by atoms with van der Waals surface area (Å²) in [4.78, 5) is 22.8. The highest BCUT2D eigenvalue weighted by Crippen LogP contribution is 2.50. The lowest BCUT2D eigenvalue weighted by Gasteiger charge is -2.50. The van der Waals surface area contributed by atoms with Crippen LogP contribution in [0.25, 0.3) is 21.9 Å². The molecule has 346 valence electrons. The Balaban J connectivity index is 1.42. The van der Waals surface area contributed by atoms with Crippen molar-refractivity contribution in [1.29, 1.82) is 0 Å². The van der Waals surface area contributed by atoms with Gasteiger partial charge in [-0.05, 0) is 89.5 Å². The van der Waals surface area contributed by atoms with E-state index in [9.17, 15) is 13.2 Å². The van der Waals surface area contributed by atoms with Gasteiger partial charge in [-0.2, -0.15) is 8.42 Å². The van der Waals surface area contributed by atoms with Gasteiger partial charge in [-0.1, -0.05) is 140 Å².